The summed E-state index contributed by atoms with van der Waals surface area (Å²) >= 11 is 0. The first-order chi connectivity index (χ1) is 35.4. The van der Waals surface area contributed by atoms with Crippen LogP contribution in [0.4, 0.5) is 19.2 Å². The molecule has 22 heteroatoms. The van der Waals surface area contributed by atoms with Gasteiger partial charge in [0.2, 0.25) is 23.7 Å². The van der Waals surface area contributed by atoms with Crippen LogP contribution in [0.1, 0.15) is 225 Å². The second-order valence-electron chi connectivity index (χ2n) is 22.6. The first kappa shape index (κ1) is 70.3. The molecule has 0 unspecified atom stereocenters. The molecule has 0 aromatic heterocycles. The molecule has 0 bridgehead atoms. The second-order valence-corrected chi connectivity index (χ2v) is 22.6. The Morgan fingerprint density at radius 2 is 0.737 bits per heavy atom. The van der Waals surface area contributed by atoms with Gasteiger partial charge in [0.1, 0.15) is 35.6 Å². The molecule has 0 rings (SSSR count). The van der Waals surface area contributed by atoms with Crippen molar-refractivity contribution in [2.75, 3.05) is 32.8 Å². The van der Waals surface area contributed by atoms with Crippen LogP contribution >= 0.6 is 0 Å². The summed E-state index contributed by atoms with van der Waals surface area (Å²) in [5.74, 6) is -2.12. The average molecular weight is 1080 g/mol. The number of carbonyl (C=O) groups is 8. The van der Waals surface area contributed by atoms with Gasteiger partial charge in [0.25, 0.3) is 0 Å². The predicted molar refractivity (Wildman–Crippen MR) is 292 cm³/mol. The first-order valence-corrected chi connectivity index (χ1v) is 27.4. The molecule has 6 N–H and O–H groups in total. The van der Waals surface area contributed by atoms with Crippen molar-refractivity contribution >= 4 is 60.0 Å². The summed E-state index contributed by atoms with van der Waals surface area (Å²) in [5.41, 5.74) is -3.37. The maximum absolute atomic E-state index is 13.1. The zero-order valence-electron chi connectivity index (χ0n) is 48.6. The van der Waals surface area contributed by atoms with Crippen LogP contribution in [-0.4, -0.2) is 121 Å². The molecule has 0 saturated heterocycles. The Kier molecular flexibility index (Phi) is 35.9. The third kappa shape index (κ3) is 46.8. The van der Waals surface area contributed by atoms with Crippen molar-refractivity contribution in [2.24, 2.45) is 9.98 Å². The van der Waals surface area contributed by atoms with E-state index in [1.807, 2.05) is 0 Å². The van der Waals surface area contributed by atoms with Crippen molar-refractivity contribution in [2.45, 2.75) is 253 Å². The molecule has 76 heavy (non-hydrogen) atoms. The van der Waals surface area contributed by atoms with E-state index in [1.165, 1.54) is 57.8 Å². The molecule has 0 aliphatic rings. The van der Waals surface area contributed by atoms with Gasteiger partial charge in [-0.1, -0.05) is 84.0 Å². The first-order valence-electron chi connectivity index (χ1n) is 27.4. The summed E-state index contributed by atoms with van der Waals surface area (Å²) in [7, 11) is 0. The fourth-order valence-electron chi connectivity index (χ4n) is 6.65. The van der Waals surface area contributed by atoms with Gasteiger partial charge in [0.05, 0.1) is 6.04 Å². The van der Waals surface area contributed by atoms with E-state index in [2.05, 4.69) is 48.8 Å². The Morgan fingerprint density at radius 1 is 0.395 bits per heavy atom. The number of amides is 6. The second kappa shape index (κ2) is 38.8. The summed E-state index contributed by atoms with van der Waals surface area (Å²) < 4.78 is 31.9. The highest BCUT2D eigenvalue weighted by Crippen LogP contribution is 2.14. The molecule has 0 fully saturated rings. The smallest absolute Gasteiger partial charge is 0.437 e. The topological polar surface area (TPSA) is 289 Å². The Balaban J connectivity index is 5.36. The van der Waals surface area contributed by atoms with Crippen LogP contribution in [0, 0.1) is 0 Å². The standard InChI is InChI=1S/C54H98N8O14/c1-14-15-16-17-18-19-20-21-22-23-24-26-31-41(63)55-35-28-25-27-32-42(64)58-40(38-71-43(65)33-29-36-56-45(59-47(67)73-51(2,3)4)60-48(68)74-52(5,6)7)39-72-44(66)34-30-37-57-46(61-49(69)75-53(8,9)10)62-50(70)76-54(11,12)13/h40H,14-39H2,1-13H3,(H,55,63)(H,58,64)(H2,56,59,60,67,68)(H2,57,61,62,69,70). The SMILES string of the molecule is CCCCCCCCCCCCCCC(=O)NCCCCCC(=O)NC(COC(=O)CCCNC(=NC(=O)OC(C)(C)C)NC(=O)OC(C)(C)C)COC(=O)CCCNC(=NC(=O)OC(C)(C)C)NC(=O)OC(C)(C)C. The van der Waals surface area contributed by atoms with Gasteiger partial charge >= 0.3 is 36.3 Å². The molecule has 0 heterocycles. The zero-order chi connectivity index (χ0) is 57.6. The van der Waals surface area contributed by atoms with Crippen molar-refractivity contribution in [1.29, 1.82) is 0 Å². The third-order valence-corrected chi connectivity index (χ3v) is 10.0. The van der Waals surface area contributed by atoms with Crippen LogP contribution in [0.3, 0.4) is 0 Å². The van der Waals surface area contributed by atoms with Gasteiger partial charge in [-0.25, -0.2) is 19.2 Å². The number of hydrogen-bond donors (Lipinski definition) is 6. The molecular weight excluding hydrogens is 985 g/mol. The highest BCUT2D eigenvalue weighted by atomic mass is 16.6. The quantitative estimate of drug-likeness (QED) is 0.0120. The van der Waals surface area contributed by atoms with E-state index in [1.54, 1.807) is 83.1 Å². The van der Waals surface area contributed by atoms with E-state index in [0.29, 0.717) is 32.2 Å². The van der Waals surface area contributed by atoms with Gasteiger partial charge in [0.15, 0.2) is 0 Å². The lowest BCUT2D eigenvalue weighted by molar-refractivity contribution is -0.149. The molecule has 0 aliphatic heterocycles. The Morgan fingerprint density at radius 3 is 1.12 bits per heavy atom. The van der Waals surface area contributed by atoms with Crippen LogP contribution in [-0.2, 0) is 47.6 Å². The number of guanidine groups is 2. The number of alkyl carbamates (subject to hydrolysis) is 2. The van der Waals surface area contributed by atoms with Crippen LogP contribution in [0.5, 0.6) is 0 Å². The highest BCUT2D eigenvalue weighted by Gasteiger charge is 2.23. The number of unbranched alkanes of at least 4 members (excludes halogenated alkanes) is 13. The normalized spacial score (nSPS) is 12.6. The molecule has 0 atom stereocenters. The van der Waals surface area contributed by atoms with Crippen molar-refractivity contribution in [1.82, 2.24) is 31.9 Å². The van der Waals surface area contributed by atoms with Gasteiger partial charge < -0.3 is 49.7 Å². The minimum atomic E-state index is -0.966. The maximum Gasteiger partial charge on any atom is 0.437 e. The van der Waals surface area contributed by atoms with Gasteiger partial charge in [-0.3, -0.25) is 29.8 Å². The van der Waals surface area contributed by atoms with Crippen molar-refractivity contribution in [3.8, 4) is 0 Å². The molecule has 0 aliphatic carbocycles. The van der Waals surface area contributed by atoms with E-state index >= 15 is 0 Å². The monoisotopic (exact) mass is 1080 g/mol. The number of nitrogens with zero attached hydrogens (tertiary/aromatic N) is 2. The van der Waals surface area contributed by atoms with Crippen molar-refractivity contribution < 1.29 is 66.8 Å². The van der Waals surface area contributed by atoms with E-state index in [4.69, 9.17) is 28.4 Å². The summed E-state index contributed by atoms with van der Waals surface area (Å²) in [6, 6.07) is -0.910. The minimum absolute atomic E-state index is 0.0308. The molecule has 0 spiro atoms. The summed E-state index contributed by atoms with van der Waals surface area (Å²) in [4.78, 5) is 109. The van der Waals surface area contributed by atoms with Crippen LogP contribution in [0.15, 0.2) is 9.98 Å². The number of rotatable bonds is 32. The number of ether oxygens (including phenoxy) is 6. The summed E-state index contributed by atoms with van der Waals surface area (Å²) in [6.45, 7) is 22.2. The Labute approximate surface area is 453 Å². The molecule has 0 radical (unpaired) electrons. The zero-order valence-corrected chi connectivity index (χ0v) is 48.6. The van der Waals surface area contributed by atoms with Crippen molar-refractivity contribution in [3.05, 3.63) is 0 Å². The van der Waals surface area contributed by atoms with Crippen LogP contribution in [0.25, 0.3) is 0 Å². The molecular formula is C54H98N8O14. The van der Waals surface area contributed by atoms with Gasteiger partial charge in [-0.15, -0.1) is 9.98 Å². The largest absolute Gasteiger partial charge is 0.463 e. The molecule has 22 nitrogen and oxygen atoms in total. The lowest BCUT2D eigenvalue weighted by atomic mass is 10.0. The molecule has 0 aromatic carbocycles. The van der Waals surface area contributed by atoms with Crippen LogP contribution in [0.2, 0.25) is 0 Å². The average Bonchev–Trinajstić information content (AvgIpc) is 3.26. The Bertz CT molecular complexity index is 1720. The van der Waals surface area contributed by atoms with E-state index < -0.39 is 64.8 Å². The molecule has 0 saturated carbocycles. The van der Waals surface area contributed by atoms with E-state index in [0.717, 1.165) is 19.3 Å². The van der Waals surface area contributed by atoms with Gasteiger partial charge in [0, 0.05) is 45.3 Å². The third-order valence-electron chi connectivity index (χ3n) is 10.0. The number of hydrogen-bond acceptors (Lipinski definition) is 14. The fraction of sp³-hybridized carbons (Fsp3) is 0.815. The maximum atomic E-state index is 13.1. The van der Waals surface area contributed by atoms with Gasteiger partial charge in [-0.05, 0) is 115 Å². The van der Waals surface area contributed by atoms with Gasteiger partial charge in [-0.2, -0.15) is 0 Å². The Hall–Kier alpha value is -5.70. The van der Waals surface area contributed by atoms with Crippen molar-refractivity contribution in [3.63, 3.8) is 0 Å². The number of carbonyl (C=O) groups excluding carboxylic acids is 8. The lowest BCUT2D eigenvalue weighted by Crippen LogP contribution is -2.44. The number of nitrogens with one attached hydrogen (secondary N) is 6. The molecule has 0 aromatic rings. The molecule has 438 valence electrons. The predicted octanol–water partition coefficient (Wildman–Crippen LogP) is 9.70. The minimum Gasteiger partial charge on any atom is -0.463 e. The molecule has 6 amide bonds. The van der Waals surface area contributed by atoms with E-state index in [-0.39, 0.29) is 82.1 Å². The van der Waals surface area contributed by atoms with Crippen LogP contribution < -0.4 is 31.9 Å². The highest BCUT2D eigenvalue weighted by molar-refractivity contribution is 5.99. The summed E-state index contributed by atoms with van der Waals surface area (Å²) in [6.07, 6.45) is 13.7. The van der Waals surface area contributed by atoms with E-state index in [9.17, 15) is 38.4 Å². The fourth-order valence-corrected chi connectivity index (χ4v) is 6.65. The lowest BCUT2D eigenvalue weighted by Gasteiger charge is -2.21. The number of aliphatic imine (C=N–C) groups is 2. The number of esters is 2. The summed E-state index contributed by atoms with van der Waals surface area (Å²) in [5, 5.41) is 16.1.